The number of rotatable bonds is 7. The van der Waals surface area contributed by atoms with Gasteiger partial charge in [0.05, 0.1) is 12.8 Å². The third-order valence-corrected chi connectivity index (χ3v) is 5.94. The number of nitrogens with one attached hydrogen (secondary N) is 2. The summed E-state index contributed by atoms with van der Waals surface area (Å²) in [4.78, 5) is 25.0. The minimum absolute atomic E-state index is 0.0429. The van der Waals surface area contributed by atoms with E-state index >= 15 is 0 Å². The van der Waals surface area contributed by atoms with Crippen molar-refractivity contribution in [2.45, 2.75) is 58.9 Å². The molecule has 1 saturated carbocycles. The molecule has 0 unspecified atom stereocenters. The third kappa shape index (κ3) is 6.72. The van der Waals surface area contributed by atoms with Crippen molar-refractivity contribution in [3.05, 3.63) is 71.8 Å². The number of hydrogen-bond acceptors (Lipinski definition) is 2. The zero-order valence-electron chi connectivity index (χ0n) is 18.4. The Bertz CT molecular complexity index is 848. The molecule has 1 aliphatic carbocycles. The summed E-state index contributed by atoms with van der Waals surface area (Å²) >= 11 is 0. The first-order valence-corrected chi connectivity index (χ1v) is 10.9. The Morgan fingerprint density at radius 3 is 1.93 bits per heavy atom. The van der Waals surface area contributed by atoms with E-state index in [0.29, 0.717) is 19.4 Å². The lowest BCUT2D eigenvalue weighted by atomic mass is 9.62. The fourth-order valence-electron chi connectivity index (χ4n) is 5.09. The molecule has 0 radical (unpaired) electrons. The highest BCUT2D eigenvalue weighted by Gasteiger charge is 2.41. The molecular weight excluding hydrogens is 372 g/mol. The lowest BCUT2D eigenvalue weighted by Gasteiger charge is -2.47. The van der Waals surface area contributed by atoms with Crippen LogP contribution in [0.4, 0.5) is 0 Å². The van der Waals surface area contributed by atoms with Gasteiger partial charge in [0.25, 0.3) is 0 Å². The summed E-state index contributed by atoms with van der Waals surface area (Å²) in [6.45, 7) is 7.37. The van der Waals surface area contributed by atoms with E-state index in [9.17, 15) is 9.59 Å². The van der Waals surface area contributed by atoms with E-state index in [2.05, 4.69) is 31.4 Å². The molecule has 2 aromatic carbocycles. The normalized spacial score (nSPS) is 22.8. The molecular formula is C26H34N2O2. The summed E-state index contributed by atoms with van der Waals surface area (Å²) in [5.41, 5.74) is 2.12. The molecule has 160 valence electrons. The SMILES string of the molecule is CC1(C)C[C@@H](NC(=O)Cc2ccccc2)C[C@@](C)(CNC(=O)Cc2ccccc2)C1. The first-order chi connectivity index (χ1) is 14.2. The van der Waals surface area contributed by atoms with Crippen molar-refractivity contribution in [1.29, 1.82) is 0 Å². The second-order valence-corrected chi connectivity index (χ2v) is 9.93. The van der Waals surface area contributed by atoms with E-state index in [0.717, 1.165) is 30.4 Å². The second-order valence-electron chi connectivity index (χ2n) is 9.93. The molecule has 2 N–H and O–H groups in total. The van der Waals surface area contributed by atoms with Crippen molar-refractivity contribution in [3.8, 4) is 0 Å². The smallest absolute Gasteiger partial charge is 0.224 e. The average Bonchev–Trinajstić information content (AvgIpc) is 2.66. The summed E-state index contributed by atoms with van der Waals surface area (Å²) < 4.78 is 0. The summed E-state index contributed by atoms with van der Waals surface area (Å²) in [7, 11) is 0. The molecule has 30 heavy (non-hydrogen) atoms. The van der Waals surface area contributed by atoms with Crippen LogP contribution in [-0.2, 0) is 22.4 Å². The number of benzene rings is 2. The van der Waals surface area contributed by atoms with Crippen LogP contribution >= 0.6 is 0 Å². The van der Waals surface area contributed by atoms with Crippen molar-refractivity contribution in [1.82, 2.24) is 10.6 Å². The predicted molar refractivity (Wildman–Crippen MR) is 121 cm³/mol. The molecule has 1 fully saturated rings. The minimum Gasteiger partial charge on any atom is -0.355 e. The molecule has 0 aromatic heterocycles. The van der Waals surface area contributed by atoms with Crippen LogP contribution in [0.3, 0.4) is 0 Å². The molecule has 1 aliphatic rings. The molecule has 3 rings (SSSR count). The first-order valence-electron chi connectivity index (χ1n) is 10.9. The van der Waals surface area contributed by atoms with Gasteiger partial charge >= 0.3 is 0 Å². The molecule has 2 aromatic rings. The van der Waals surface area contributed by atoms with Crippen molar-refractivity contribution in [2.24, 2.45) is 10.8 Å². The Labute approximate surface area is 180 Å². The van der Waals surface area contributed by atoms with Gasteiger partial charge in [0.1, 0.15) is 0 Å². The molecule has 2 amide bonds. The molecule has 4 nitrogen and oxygen atoms in total. The highest BCUT2D eigenvalue weighted by atomic mass is 16.2. The standard InChI is InChI=1S/C26H34N2O2/c1-25(2)16-22(28-24(30)15-21-12-8-5-9-13-21)17-26(3,18-25)19-27-23(29)14-20-10-6-4-7-11-20/h4-13,22H,14-19H2,1-3H3,(H,27,29)(H,28,30)/t22-,26-/m1/s1. The van der Waals surface area contributed by atoms with Gasteiger partial charge in [0.15, 0.2) is 0 Å². The van der Waals surface area contributed by atoms with E-state index in [1.807, 2.05) is 60.7 Å². The number of hydrogen-bond donors (Lipinski definition) is 2. The van der Waals surface area contributed by atoms with Crippen LogP contribution in [0.5, 0.6) is 0 Å². The van der Waals surface area contributed by atoms with E-state index in [4.69, 9.17) is 0 Å². The van der Waals surface area contributed by atoms with Crippen LogP contribution in [0.25, 0.3) is 0 Å². The summed E-state index contributed by atoms with van der Waals surface area (Å²) in [5.74, 6) is 0.120. The lowest BCUT2D eigenvalue weighted by Crippen LogP contribution is -2.50. The van der Waals surface area contributed by atoms with E-state index < -0.39 is 0 Å². The maximum atomic E-state index is 12.6. The van der Waals surface area contributed by atoms with Gasteiger partial charge in [0.2, 0.25) is 11.8 Å². The topological polar surface area (TPSA) is 58.2 Å². The number of carbonyl (C=O) groups excluding carboxylic acids is 2. The van der Waals surface area contributed by atoms with Gasteiger partial charge in [-0.25, -0.2) is 0 Å². The van der Waals surface area contributed by atoms with Crippen LogP contribution < -0.4 is 10.6 Å². The van der Waals surface area contributed by atoms with E-state index in [-0.39, 0.29) is 28.7 Å². The molecule has 0 aliphatic heterocycles. The monoisotopic (exact) mass is 406 g/mol. The Balaban J connectivity index is 1.56. The molecule has 0 spiro atoms. The third-order valence-electron chi connectivity index (χ3n) is 5.94. The van der Waals surface area contributed by atoms with Crippen molar-refractivity contribution < 1.29 is 9.59 Å². The highest BCUT2D eigenvalue weighted by Crippen LogP contribution is 2.45. The Morgan fingerprint density at radius 1 is 0.833 bits per heavy atom. The van der Waals surface area contributed by atoms with Crippen molar-refractivity contribution in [2.75, 3.05) is 6.54 Å². The Morgan fingerprint density at radius 2 is 1.37 bits per heavy atom. The molecule has 0 bridgehead atoms. The maximum Gasteiger partial charge on any atom is 0.224 e. The van der Waals surface area contributed by atoms with Gasteiger partial charge in [-0.1, -0.05) is 81.4 Å². The van der Waals surface area contributed by atoms with Crippen molar-refractivity contribution in [3.63, 3.8) is 0 Å². The van der Waals surface area contributed by atoms with Gasteiger partial charge in [-0.3, -0.25) is 9.59 Å². The minimum atomic E-state index is -0.0429. The first kappa shape index (κ1) is 22.1. The Hall–Kier alpha value is -2.62. The zero-order chi connectivity index (χ0) is 21.6. The fraction of sp³-hybridized carbons (Fsp3) is 0.462. The summed E-state index contributed by atoms with van der Waals surface area (Å²) in [6.07, 6.45) is 3.67. The van der Waals surface area contributed by atoms with Crippen molar-refractivity contribution >= 4 is 11.8 Å². The van der Waals surface area contributed by atoms with E-state index in [1.165, 1.54) is 0 Å². The van der Waals surface area contributed by atoms with Crippen LogP contribution in [0.1, 0.15) is 51.2 Å². The largest absolute Gasteiger partial charge is 0.355 e. The second kappa shape index (κ2) is 9.46. The van der Waals surface area contributed by atoms with Crippen LogP contribution in [0.15, 0.2) is 60.7 Å². The van der Waals surface area contributed by atoms with Crippen LogP contribution in [-0.4, -0.2) is 24.4 Å². The molecule has 0 heterocycles. The number of carbonyl (C=O) groups is 2. The quantitative estimate of drug-likeness (QED) is 0.721. The summed E-state index contributed by atoms with van der Waals surface area (Å²) in [5, 5.41) is 6.40. The molecule has 0 saturated heterocycles. The molecule has 4 heteroatoms. The average molecular weight is 407 g/mol. The predicted octanol–water partition coefficient (Wildman–Crippen LogP) is 4.29. The van der Waals surface area contributed by atoms with Gasteiger partial charge in [-0.2, -0.15) is 0 Å². The zero-order valence-corrected chi connectivity index (χ0v) is 18.4. The van der Waals surface area contributed by atoms with Crippen LogP contribution in [0.2, 0.25) is 0 Å². The highest BCUT2D eigenvalue weighted by molar-refractivity contribution is 5.79. The summed E-state index contributed by atoms with van der Waals surface area (Å²) in [6, 6.07) is 19.8. The lowest BCUT2D eigenvalue weighted by molar-refractivity contribution is -0.123. The maximum absolute atomic E-state index is 12.6. The Kier molecular flexibility index (Phi) is 6.96. The van der Waals surface area contributed by atoms with Gasteiger partial charge < -0.3 is 10.6 Å². The van der Waals surface area contributed by atoms with Gasteiger partial charge in [0, 0.05) is 12.6 Å². The van der Waals surface area contributed by atoms with Gasteiger partial charge in [-0.05, 0) is 41.2 Å². The molecule has 2 atom stereocenters. The van der Waals surface area contributed by atoms with Gasteiger partial charge in [-0.15, -0.1) is 0 Å². The van der Waals surface area contributed by atoms with E-state index in [1.54, 1.807) is 0 Å². The van der Waals surface area contributed by atoms with Crippen LogP contribution in [0, 0.1) is 10.8 Å². The number of amides is 2. The fourth-order valence-corrected chi connectivity index (χ4v) is 5.09.